The van der Waals surface area contributed by atoms with Crippen molar-refractivity contribution in [3.63, 3.8) is 0 Å². The smallest absolute Gasteiger partial charge is 0.0679 e. The zero-order chi connectivity index (χ0) is 9.10. The summed E-state index contributed by atoms with van der Waals surface area (Å²) in [5.41, 5.74) is 0. The minimum Gasteiger partial charge on any atom is -0.392 e. The Labute approximate surface area is 80.1 Å². The lowest BCUT2D eigenvalue weighted by Crippen LogP contribution is -2.34. The fourth-order valence-corrected chi connectivity index (χ4v) is 2.47. The molecule has 2 aliphatic heterocycles. The fourth-order valence-electron chi connectivity index (χ4n) is 2.47. The van der Waals surface area contributed by atoms with E-state index in [-0.39, 0.29) is 6.10 Å². The summed E-state index contributed by atoms with van der Waals surface area (Å²) in [4.78, 5) is 2.47. The Balaban J connectivity index is 1.84. The van der Waals surface area contributed by atoms with E-state index in [1.807, 2.05) is 0 Å². The lowest BCUT2D eigenvalue weighted by Gasteiger charge is -2.25. The van der Waals surface area contributed by atoms with Crippen molar-refractivity contribution in [1.82, 2.24) is 10.2 Å². The van der Waals surface area contributed by atoms with E-state index < -0.39 is 0 Å². The number of hydrogen-bond donors (Lipinski definition) is 2. The number of rotatable bonds is 1. The quantitative estimate of drug-likeness (QED) is 0.611. The topological polar surface area (TPSA) is 35.5 Å². The van der Waals surface area contributed by atoms with Gasteiger partial charge in [0, 0.05) is 19.1 Å². The largest absolute Gasteiger partial charge is 0.392 e. The van der Waals surface area contributed by atoms with Gasteiger partial charge in [0.1, 0.15) is 0 Å². The summed E-state index contributed by atoms with van der Waals surface area (Å²) < 4.78 is 0. The first-order valence-electron chi connectivity index (χ1n) is 5.49. The van der Waals surface area contributed by atoms with Crippen LogP contribution in [0.2, 0.25) is 0 Å². The normalized spacial score (nSPS) is 37.6. The molecule has 0 aliphatic carbocycles. The highest BCUT2D eigenvalue weighted by Gasteiger charge is 2.26. The average molecular weight is 184 g/mol. The Morgan fingerprint density at radius 1 is 1.15 bits per heavy atom. The molecular formula is C10H20N2O. The standard InChI is InChI=1S/C10H20N2O/c13-10-4-7-12(8-10)9-2-1-5-11-6-3-9/h9-11,13H,1-8H2. The number of aliphatic hydroxyl groups is 1. The lowest BCUT2D eigenvalue weighted by molar-refractivity contribution is 0.154. The van der Waals surface area contributed by atoms with Crippen LogP contribution in [0, 0.1) is 0 Å². The van der Waals surface area contributed by atoms with Gasteiger partial charge in [-0.25, -0.2) is 0 Å². The number of nitrogens with one attached hydrogen (secondary N) is 1. The van der Waals surface area contributed by atoms with Gasteiger partial charge < -0.3 is 10.4 Å². The van der Waals surface area contributed by atoms with Crippen molar-refractivity contribution in [2.75, 3.05) is 26.2 Å². The van der Waals surface area contributed by atoms with Gasteiger partial charge in [0.2, 0.25) is 0 Å². The van der Waals surface area contributed by atoms with E-state index in [0.29, 0.717) is 0 Å². The van der Waals surface area contributed by atoms with Crippen LogP contribution in [0.15, 0.2) is 0 Å². The molecule has 13 heavy (non-hydrogen) atoms. The highest BCUT2D eigenvalue weighted by Crippen LogP contribution is 2.19. The van der Waals surface area contributed by atoms with E-state index in [1.54, 1.807) is 0 Å². The molecule has 2 saturated heterocycles. The van der Waals surface area contributed by atoms with Crippen LogP contribution in [-0.4, -0.2) is 48.3 Å². The Hall–Kier alpha value is -0.120. The molecule has 0 bridgehead atoms. The van der Waals surface area contributed by atoms with Crippen LogP contribution >= 0.6 is 0 Å². The molecular weight excluding hydrogens is 164 g/mol. The second-order valence-corrected chi connectivity index (χ2v) is 4.27. The second-order valence-electron chi connectivity index (χ2n) is 4.27. The van der Waals surface area contributed by atoms with Crippen molar-refractivity contribution in [2.45, 2.75) is 37.8 Å². The molecule has 3 heteroatoms. The summed E-state index contributed by atoms with van der Waals surface area (Å²) in [6, 6.07) is 0.729. The highest BCUT2D eigenvalue weighted by molar-refractivity contribution is 4.82. The van der Waals surface area contributed by atoms with Crippen molar-refractivity contribution in [3.8, 4) is 0 Å². The van der Waals surface area contributed by atoms with Gasteiger partial charge in [0.15, 0.2) is 0 Å². The van der Waals surface area contributed by atoms with Gasteiger partial charge in [0.05, 0.1) is 6.10 Å². The van der Waals surface area contributed by atoms with Gasteiger partial charge in [0.25, 0.3) is 0 Å². The maximum absolute atomic E-state index is 9.44. The van der Waals surface area contributed by atoms with Crippen molar-refractivity contribution >= 4 is 0 Å². The molecule has 2 atom stereocenters. The molecule has 2 rings (SSSR count). The third-order valence-corrected chi connectivity index (χ3v) is 3.26. The van der Waals surface area contributed by atoms with E-state index in [1.165, 1.54) is 25.8 Å². The summed E-state index contributed by atoms with van der Waals surface area (Å²) in [5.74, 6) is 0. The number of hydrogen-bond acceptors (Lipinski definition) is 3. The minimum absolute atomic E-state index is 0.0591. The first-order valence-corrected chi connectivity index (χ1v) is 5.49. The SMILES string of the molecule is OC1CCN(C2CCCNCC2)C1. The van der Waals surface area contributed by atoms with Crippen LogP contribution in [-0.2, 0) is 0 Å². The van der Waals surface area contributed by atoms with Gasteiger partial charge >= 0.3 is 0 Å². The molecule has 0 spiro atoms. The zero-order valence-corrected chi connectivity index (χ0v) is 8.21. The lowest BCUT2D eigenvalue weighted by atomic mass is 10.1. The number of likely N-dealkylation sites (tertiary alicyclic amines) is 1. The summed E-state index contributed by atoms with van der Waals surface area (Å²) >= 11 is 0. The van der Waals surface area contributed by atoms with E-state index in [0.717, 1.165) is 32.1 Å². The first-order chi connectivity index (χ1) is 6.36. The molecule has 3 nitrogen and oxygen atoms in total. The van der Waals surface area contributed by atoms with Gasteiger partial charge in [-0.2, -0.15) is 0 Å². The number of β-amino-alcohol motifs (C(OH)–C–C–N with tert-alkyl or cyclic N) is 1. The molecule has 2 aliphatic rings. The van der Waals surface area contributed by atoms with Gasteiger partial charge in [-0.1, -0.05) is 0 Å². The van der Waals surface area contributed by atoms with E-state index in [4.69, 9.17) is 0 Å². The summed E-state index contributed by atoms with van der Waals surface area (Å²) in [7, 11) is 0. The Morgan fingerprint density at radius 3 is 2.85 bits per heavy atom. The highest BCUT2D eigenvalue weighted by atomic mass is 16.3. The number of aliphatic hydroxyl groups excluding tert-OH is 1. The fraction of sp³-hybridized carbons (Fsp3) is 1.00. The maximum atomic E-state index is 9.44. The molecule has 2 N–H and O–H groups in total. The van der Waals surface area contributed by atoms with E-state index >= 15 is 0 Å². The first kappa shape index (κ1) is 9.44. The summed E-state index contributed by atoms with van der Waals surface area (Å²) in [5, 5.41) is 12.9. The molecule has 2 heterocycles. The van der Waals surface area contributed by atoms with Crippen LogP contribution in [0.1, 0.15) is 25.7 Å². The predicted molar refractivity (Wildman–Crippen MR) is 52.7 cm³/mol. The molecule has 0 aromatic heterocycles. The van der Waals surface area contributed by atoms with E-state index in [9.17, 15) is 5.11 Å². The zero-order valence-electron chi connectivity index (χ0n) is 8.21. The average Bonchev–Trinajstić information content (AvgIpc) is 2.43. The van der Waals surface area contributed by atoms with Crippen LogP contribution in [0.25, 0.3) is 0 Å². The molecule has 0 aromatic rings. The van der Waals surface area contributed by atoms with Gasteiger partial charge in [-0.3, -0.25) is 4.90 Å². The van der Waals surface area contributed by atoms with Crippen molar-refractivity contribution in [2.24, 2.45) is 0 Å². The van der Waals surface area contributed by atoms with Gasteiger partial charge in [-0.05, 0) is 38.8 Å². The minimum atomic E-state index is -0.0591. The molecule has 2 unspecified atom stereocenters. The van der Waals surface area contributed by atoms with Crippen LogP contribution < -0.4 is 5.32 Å². The van der Waals surface area contributed by atoms with E-state index in [2.05, 4.69) is 10.2 Å². The summed E-state index contributed by atoms with van der Waals surface area (Å²) in [6.45, 7) is 4.33. The second kappa shape index (κ2) is 4.40. The predicted octanol–water partition coefficient (Wildman–Crippen LogP) is 0.195. The molecule has 0 radical (unpaired) electrons. The maximum Gasteiger partial charge on any atom is 0.0679 e. The van der Waals surface area contributed by atoms with Crippen molar-refractivity contribution in [3.05, 3.63) is 0 Å². The molecule has 2 fully saturated rings. The van der Waals surface area contributed by atoms with Crippen LogP contribution in [0.3, 0.4) is 0 Å². The molecule has 0 saturated carbocycles. The number of nitrogens with zero attached hydrogens (tertiary/aromatic N) is 1. The molecule has 0 amide bonds. The Kier molecular flexibility index (Phi) is 3.19. The molecule has 76 valence electrons. The van der Waals surface area contributed by atoms with Crippen LogP contribution in [0.4, 0.5) is 0 Å². The monoisotopic (exact) mass is 184 g/mol. The van der Waals surface area contributed by atoms with Gasteiger partial charge in [-0.15, -0.1) is 0 Å². The Bertz CT molecular complexity index is 155. The van der Waals surface area contributed by atoms with Crippen molar-refractivity contribution in [1.29, 1.82) is 0 Å². The van der Waals surface area contributed by atoms with Crippen molar-refractivity contribution < 1.29 is 5.11 Å². The molecule has 0 aromatic carbocycles. The third kappa shape index (κ3) is 2.42. The summed E-state index contributed by atoms with van der Waals surface area (Å²) in [6.07, 6.45) is 4.77. The Morgan fingerprint density at radius 2 is 2.08 bits per heavy atom. The van der Waals surface area contributed by atoms with Crippen LogP contribution in [0.5, 0.6) is 0 Å². The third-order valence-electron chi connectivity index (χ3n) is 3.26.